The summed E-state index contributed by atoms with van der Waals surface area (Å²) in [5.41, 5.74) is 6.59. The Morgan fingerprint density at radius 3 is 2.89 bits per heavy atom. The Morgan fingerprint density at radius 1 is 1.39 bits per heavy atom. The maximum atomic E-state index is 12.4. The maximum Gasteiger partial charge on any atom is 0.272 e. The second-order valence-corrected chi connectivity index (χ2v) is 4.74. The molecule has 98 valence electrons. The number of carbonyl (C=O) groups is 1. The number of allylic oxidation sites excluding steroid dienone is 1. The van der Waals surface area contributed by atoms with Gasteiger partial charge in [0.15, 0.2) is 0 Å². The van der Waals surface area contributed by atoms with E-state index in [4.69, 9.17) is 10.5 Å². The Hall–Kier alpha value is -1.40. The third-order valence-electron chi connectivity index (χ3n) is 3.59. The minimum atomic E-state index is -0.383. The highest BCUT2D eigenvalue weighted by Crippen LogP contribution is 2.24. The topological polar surface area (TPSA) is 71.2 Å². The van der Waals surface area contributed by atoms with Gasteiger partial charge in [-0.2, -0.15) is 0 Å². The van der Waals surface area contributed by atoms with Gasteiger partial charge >= 0.3 is 0 Å². The van der Waals surface area contributed by atoms with E-state index in [0.29, 0.717) is 32.0 Å². The molecule has 1 unspecified atom stereocenters. The first-order valence-electron chi connectivity index (χ1n) is 6.45. The van der Waals surface area contributed by atoms with Gasteiger partial charge in [0.2, 0.25) is 0 Å². The van der Waals surface area contributed by atoms with Crippen LogP contribution in [-0.4, -0.2) is 60.4 Å². The highest BCUT2D eigenvalue weighted by atomic mass is 16.5. The van der Waals surface area contributed by atoms with Crippen LogP contribution in [0.25, 0.3) is 0 Å². The molecule has 1 saturated heterocycles. The van der Waals surface area contributed by atoms with Crippen LogP contribution in [0, 0.1) is 0 Å². The molecule has 0 radical (unpaired) electrons. The first-order chi connectivity index (χ1) is 8.77. The summed E-state index contributed by atoms with van der Waals surface area (Å²) in [5, 5.41) is 0. The number of aliphatic imine (C=N–C) groups is 1. The molecule has 1 atom stereocenters. The largest absolute Gasteiger partial charge is 0.378 e. The van der Waals surface area contributed by atoms with Crippen molar-refractivity contribution in [3.63, 3.8) is 0 Å². The lowest BCUT2D eigenvalue weighted by atomic mass is 10.2. The molecule has 3 rings (SSSR count). The number of morpholine rings is 1. The summed E-state index contributed by atoms with van der Waals surface area (Å²) in [6.45, 7) is 3.34. The summed E-state index contributed by atoms with van der Waals surface area (Å²) >= 11 is 0. The number of amides is 1. The molecule has 0 aromatic rings. The van der Waals surface area contributed by atoms with Gasteiger partial charge in [-0.3, -0.25) is 4.79 Å². The molecule has 3 aliphatic heterocycles. The number of ether oxygens (including phenoxy) is 1. The number of carbonyl (C=O) groups excluding carboxylic acids is 1. The van der Waals surface area contributed by atoms with Gasteiger partial charge < -0.3 is 20.3 Å². The molecular weight excluding hydrogens is 232 g/mol. The minimum Gasteiger partial charge on any atom is -0.378 e. The Labute approximate surface area is 106 Å². The fraction of sp³-hybridized carbons (Fsp3) is 0.667. The lowest BCUT2D eigenvalue weighted by Crippen LogP contribution is -2.52. The van der Waals surface area contributed by atoms with Gasteiger partial charge in [0.25, 0.3) is 5.91 Å². The van der Waals surface area contributed by atoms with E-state index in [1.54, 1.807) is 4.90 Å². The van der Waals surface area contributed by atoms with Gasteiger partial charge in [-0.15, -0.1) is 0 Å². The fourth-order valence-electron chi connectivity index (χ4n) is 2.56. The average Bonchev–Trinajstić information content (AvgIpc) is 2.77. The van der Waals surface area contributed by atoms with Crippen LogP contribution in [0.15, 0.2) is 16.9 Å². The first-order valence-corrected chi connectivity index (χ1v) is 6.45. The number of rotatable bonds is 1. The van der Waals surface area contributed by atoms with E-state index in [9.17, 15) is 4.79 Å². The molecular formula is C12H18N4O2. The fourth-order valence-corrected chi connectivity index (χ4v) is 2.56. The number of hydrogen-bond donors (Lipinski definition) is 1. The molecule has 2 N–H and O–H groups in total. The molecule has 3 heterocycles. The van der Waals surface area contributed by atoms with Gasteiger partial charge in [-0.1, -0.05) is 0 Å². The zero-order valence-corrected chi connectivity index (χ0v) is 10.3. The van der Waals surface area contributed by atoms with Gasteiger partial charge in [0.1, 0.15) is 17.7 Å². The molecule has 0 saturated carbocycles. The quantitative estimate of drug-likeness (QED) is 0.682. The molecule has 0 spiro atoms. The maximum absolute atomic E-state index is 12.4. The van der Waals surface area contributed by atoms with E-state index < -0.39 is 0 Å². The van der Waals surface area contributed by atoms with Crippen LogP contribution in [0.5, 0.6) is 0 Å². The van der Waals surface area contributed by atoms with Crippen LogP contribution in [0.3, 0.4) is 0 Å². The van der Waals surface area contributed by atoms with E-state index >= 15 is 0 Å². The van der Waals surface area contributed by atoms with Crippen molar-refractivity contribution in [2.45, 2.75) is 19.0 Å². The first kappa shape index (κ1) is 11.7. The number of nitrogens with zero attached hydrogens (tertiary/aromatic N) is 3. The van der Waals surface area contributed by atoms with Crippen LogP contribution in [-0.2, 0) is 9.53 Å². The third kappa shape index (κ3) is 1.91. The average molecular weight is 250 g/mol. The number of hydrogen-bond acceptors (Lipinski definition) is 5. The van der Waals surface area contributed by atoms with E-state index in [-0.39, 0.29) is 12.1 Å². The molecule has 18 heavy (non-hydrogen) atoms. The highest BCUT2D eigenvalue weighted by Gasteiger charge is 2.36. The molecule has 0 aromatic heterocycles. The van der Waals surface area contributed by atoms with Crippen molar-refractivity contribution in [3.05, 3.63) is 11.9 Å². The van der Waals surface area contributed by atoms with E-state index in [1.165, 1.54) is 0 Å². The van der Waals surface area contributed by atoms with Gasteiger partial charge in [-0.25, -0.2) is 4.99 Å². The Bertz CT molecular complexity index is 412. The van der Waals surface area contributed by atoms with Gasteiger partial charge in [-0.05, 0) is 18.9 Å². The lowest BCUT2D eigenvalue weighted by molar-refractivity contribution is -0.128. The second kappa shape index (κ2) is 4.70. The van der Waals surface area contributed by atoms with Gasteiger partial charge in [0, 0.05) is 19.6 Å². The standard InChI is InChI=1S/C12H18N4O2/c13-11-10(12(17)15-5-7-18-8-6-15)14-9-3-1-2-4-16(9)11/h3,11H,1-2,4-8,13H2. The van der Waals surface area contributed by atoms with Crippen molar-refractivity contribution in [2.75, 3.05) is 32.8 Å². The Kier molecular flexibility index (Phi) is 3.05. The lowest BCUT2D eigenvalue weighted by Gasteiger charge is -2.30. The van der Waals surface area contributed by atoms with E-state index in [2.05, 4.69) is 11.1 Å². The predicted octanol–water partition coefficient (Wildman–Crippen LogP) is -0.478. The zero-order valence-electron chi connectivity index (χ0n) is 10.3. The SMILES string of the molecule is NC1C(C(=O)N2CCOCC2)=NC2=CCCCN21. The molecule has 6 nitrogen and oxygen atoms in total. The van der Waals surface area contributed by atoms with Crippen LogP contribution >= 0.6 is 0 Å². The summed E-state index contributed by atoms with van der Waals surface area (Å²) < 4.78 is 5.25. The summed E-state index contributed by atoms with van der Waals surface area (Å²) in [4.78, 5) is 20.6. The van der Waals surface area contributed by atoms with Crippen molar-refractivity contribution in [3.8, 4) is 0 Å². The van der Waals surface area contributed by atoms with Crippen LogP contribution in [0.2, 0.25) is 0 Å². The summed E-state index contributed by atoms with van der Waals surface area (Å²) in [5.74, 6) is 0.825. The van der Waals surface area contributed by atoms with Crippen molar-refractivity contribution in [2.24, 2.45) is 10.7 Å². The molecule has 0 aromatic carbocycles. The third-order valence-corrected chi connectivity index (χ3v) is 3.59. The molecule has 6 heteroatoms. The normalized spacial score (nSPS) is 27.7. The number of nitrogens with two attached hydrogens (primary N) is 1. The number of fused-ring (bicyclic) bond motifs is 1. The molecule has 1 amide bonds. The molecule has 0 bridgehead atoms. The van der Waals surface area contributed by atoms with E-state index in [1.807, 2.05) is 4.90 Å². The summed E-state index contributed by atoms with van der Waals surface area (Å²) in [6.07, 6.45) is 3.77. The Morgan fingerprint density at radius 2 is 2.17 bits per heavy atom. The minimum absolute atomic E-state index is 0.0406. The van der Waals surface area contributed by atoms with Crippen LogP contribution in [0.4, 0.5) is 0 Å². The second-order valence-electron chi connectivity index (χ2n) is 4.74. The molecule has 1 fully saturated rings. The summed E-state index contributed by atoms with van der Waals surface area (Å²) in [6, 6.07) is 0. The molecule has 0 aliphatic carbocycles. The van der Waals surface area contributed by atoms with Crippen molar-refractivity contribution < 1.29 is 9.53 Å². The van der Waals surface area contributed by atoms with Crippen LogP contribution in [0.1, 0.15) is 12.8 Å². The van der Waals surface area contributed by atoms with Gasteiger partial charge in [0.05, 0.1) is 13.2 Å². The highest BCUT2D eigenvalue weighted by molar-refractivity contribution is 6.41. The van der Waals surface area contributed by atoms with Crippen molar-refractivity contribution in [1.82, 2.24) is 9.80 Å². The van der Waals surface area contributed by atoms with E-state index in [0.717, 1.165) is 25.2 Å². The Balaban J connectivity index is 1.77. The summed E-state index contributed by atoms with van der Waals surface area (Å²) in [7, 11) is 0. The van der Waals surface area contributed by atoms with Crippen molar-refractivity contribution >= 4 is 11.6 Å². The monoisotopic (exact) mass is 250 g/mol. The molecule has 3 aliphatic rings. The smallest absolute Gasteiger partial charge is 0.272 e. The van der Waals surface area contributed by atoms with Crippen molar-refractivity contribution in [1.29, 1.82) is 0 Å². The zero-order chi connectivity index (χ0) is 12.5. The van der Waals surface area contributed by atoms with Crippen LogP contribution < -0.4 is 5.73 Å². The predicted molar refractivity (Wildman–Crippen MR) is 66.8 cm³/mol.